The van der Waals surface area contributed by atoms with Crippen molar-refractivity contribution in [3.8, 4) is 5.75 Å². The number of pyridine rings is 1. The average Bonchev–Trinajstić information content (AvgIpc) is 2.43. The summed E-state index contributed by atoms with van der Waals surface area (Å²) >= 11 is 0. The predicted octanol–water partition coefficient (Wildman–Crippen LogP) is 3.84. The lowest BCUT2D eigenvalue weighted by atomic mass is 9.97. The van der Waals surface area contributed by atoms with E-state index in [4.69, 9.17) is 10.5 Å². The molecule has 0 unspecified atom stereocenters. The van der Waals surface area contributed by atoms with Gasteiger partial charge in [0.2, 0.25) is 0 Å². The SMILES string of the molecule is Cc1cc2c(OC3CCCCC3)ccc(N)c2cn1. The minimum Gasteiger partial charge on any atom is -0.490 e. The topological polar surface area (TPSA) is 48.1 Å². The molecule has 0 radical (unpaired) electrons. The summed E-state index contributed by atoms with van der Waals surface area (Å²) in [5, 5.41) is 2.07. The molecule has 0 aliphatic heterocycles. The zero-order valence-electron chi connectivity index (χ0n) is 11.4. The second kappa shape index (κ2) is 5.08. The number of ether oxygens (including phenoxy) is 1. The van der Waals surface area contributed by atoms with Gasteiger partial charge in [-0.25, -0.2) is 0 Å². The number of hydrogen-bond acceptors (Lipinski definition) is 3. The van der Waals surface area contributed by atoms with Crippen molar-refractivity contribution in [2.24, 2.45) is 0 Å². The zero-order chi connectivity index (χ0) is 13.2. The predicted molar refractivity (Wildman–Crippen MR) is 78.4 cm³/mol. The van der Waals surface area contributed by atoms with Crippen LogP contribution in [-0.2, 0) is 0 Å². The molecule has 0 bridgehead atoms. The van der Waals surface area contributed by atoms with E-state index in [9.17, 15) is 0 Å². The van der Waals surface area contributed by atoms with Crippen LogP contribution in [0.2, 0.25) is 0 Å². The van der Waals surface area contributed by atoms with E-state index < -0.39 is 0 Å². The fourth-order valence-electron chi connectivity index (χ4n) is 2.80. The fourth-order valence-corrected chi connectivity index (χ4v) is 2.80. The summed E-state index contributed by atoms with van der Waals surface area (Å²) in [7, 11) is 0. The molecule has 3 nitrogen and oxygen atoms in total. The molecule has 1 heterocycles. The van der Waals surface area contributed by atoms with E-state index >= 15 is 0 Å². The van der Waals surface area contributed by atoms with Gasteiger partial charge in [-0.15, -0.1) is 0 Å². The van der Waals surface area contributed by atoms with Crippen LogP contribution in [0.15, 0.2) is 24.4 Å². The van der Waals surface area contributed by atoms with Crippen LogP contribution >= 0.6 is 0 Å². The Labute approximate surface area is 113 Å². The molecule has 100 valence electrons. The summed E-state index contributed by atoms with van der Waals surface area (Å²) in [4.78, 5) is 4.32. The van der Waals surface area contributed by atoms with E-state index in [0.717, 1.165) is 40.7 Å². The maximum Gasteiger partial charge on any atom is 0.127 e. The van der Waals surface area contributed by atoms with Gasteiger partial charge in [0.1, 0.15) is 5.75 Å². The van der Waals surface area contributed by atoms with Gasteiger partial charge in [0, 0.05) is 28.4 Å². The number of hydrogen-bond donors (Lipinski definition) is 1. The van der Waals surface area contributed by atoms with Crippen LogP contribution in [0.25, 0.3) is 10.8 Å². The van der Waals surface area contributed by atoms with Crippen molar-refractivity contribution in [2.75, 3.05) is 5.73 Å². The van der Waals surface area contributed by atoms with E-state index in [1.165, 1.54) is 19.3 Å². The normalized spacial score (nSPS) is 16.7. The van der Waals surface area contributed by atoms with Gasteiger partial charge in [0.15, 0.2) is 0 Å². The largest absolute Gasteiger partial charge is 0.490 e. The number of benzene rings is 1. The highest BCUT2D eigenvalue weighted by Gasteiger charge is 2.16. The standard InChI is InChI=1S/C16H20N2O/c1-11-9-13-14(10-18-11)15(17)7-8-16(13)19-12-5-3-2-4-6-12/h7-10,12H,2-6,17H2,1H3. The Morgan fingerprint density at radius 1 is 1.16 bits per heavy atom. The molecule has 1 aromatic heterocycles. The second-order valence-corrected chi connectivity index (χ2v) is 5.40. The molecular formula is C16H20N2O. The molecule has 1 saturated carbocycles. The lowest BCUT2D eigenvalue weighted by molar-refractivity contribution is 0.157. The average molecular weight is 256 g/mol. The van der Waals surface area contributed by atoms with Gasteiger partial charge in [-0.05, 0) is 50.8 Å². The minimum absolute atomic E-state index is 0.356. The molecule has 3 rings (SSSR count). The molecule has 0 amide bonds. The lowest BCUT2D eigenvalue weighted by Crippen LogP contribution is -2.19. The second-order valence-electron chi connectivity index (χ2n) is 5.40. The fraction of sp³-hybridized carbons (Fsp3) is 0.438. The highest BCUT2D eigenvalue weighted by molar-refractivity contribution is 5.96. The molecule has 1 aromatic carbocycles. The number of aromatic nitrogens is 1. The molecule has 19 heavy (non-hydrogen) atoms. The number of aryl methyl sites for hydroxylation is 1. The molecular weight excluding hydrogens is 236 g/mol. The Kier molecular flexibility index (Phi) is 3.28. The van der Waals surface area contributed by atoms with Crippen molar-refractivity contribution in [2.45, 2.75) is 45.1 Å². The lowest BCUT2D eigenvalue weighted by Gasteiger charge is -2.24. The summed E-state index contributed by atoms with van der Waals surface area (Å²) in [6, 6.07) is 5.97. The number of nitrogens with two attached hydrogens (primary N) is 1. The first-order valence-corrected chi connectivity index (χ1v) is 7.05. The van der Waals surface area contributed by atoms with Gasteiger partial charge >= 0.3 is 0 Å². The van der Waals surface area contributed by atoms with Crippen LogP contribution in [0.5, 0.6) is 5.75 Å². The molecule has 1 fully saturated rings. The van der Waals surface area contributed by atoms with Gasteiger partial charge in [-0.3, -0.25) is 4.98 Å². The Morgan fingerprint density at radius 3 is 2.74 bits per heavy atom. The van der Waals surface area contributed by atoms with Gasteiger partial charge in [-0.2, -0.15) is 0 Å². The Hall–Kier alpha value is -1.77. The summed E-state index contributed by atoms with van der Waals surface area (Å²) in [5.74, 6) is 0.946. The van der Waals surface area contributed by atoms with Gasteiger partial charge < -0.3 is 10.5 Å². The quantitative estimate of drug-likeness (QED) is 0.830. The molecule has 0 spiro atoms. The molecule has 3 heteroatoms. The number of nitrogen functional groups attached to an aromatic ring is 1. The minimum atomic E-state index is 0.356. The number of anilines is 1. The molecule has 0 saturated heterocycles. The van der Waals surface area contributed by atoms with Gasteiger partial charge in [0.05, 0.1) is 6.10 Å². The highest BCUT2D eigenvalue weighted by atomic mass is 16.5. The van der Waals surface area contributed by atoms with E-state index in [0.29, 0.717) is 6.10 Å². The van der Waals surface area contributed by atoms with E-state index in [2.05, 4.69) is 11.1 Å². The smallest absolute Gasteiger partial charge is 0.127 e. The van der Waals surface area contributed by atoms with E-state index in [1.807, 2.05) is 25.3 Å². The molecule has 0 atom stereocenters. The monoisotopic (exact) mass is 256 g/mol. The third-order valence-electron chi connectivity index (χ3n) is 3.88. The third-order valence-corrected chi connectivity index (χ3v) is 3.88. The van der Waals surface area contributed by atoms with Crippen molar-refractivity contribution < 1.29 is 4.74 Å². The van der Waals surface area contributed by atoms with Crippen LogP contribution in [0.3, 0.4) is 0 Å². The van der Waals surface area contributed by atoms with Crippen molar-refractivity contribution >= 4 is 16.5 Å². The molecule has 2 aromatic rings. The van der Waals surface area contributed by atoms with Crippen molar-refractivity contribution in [3.63, 3.8) is 0 Å². The van der Waals surface area contributed by atoms with Crippen LogP contribution < -0.4 is 10.5 Å². The number of fused-ring (bicyclic) bond motifs is 1. The first kappa shape index (κ1) is 12.3. The molecule has 2 N–H and O–H groups in total. The molecule has 1 aliphatic carbocycles. The first-order valence-electron chi connectivity index (χ1n) is 7.05. The van der Waals surface area contributed by atoms with Crippen molar-refractivity contribution in [1.82, 2.24) is 4.98 Å². The third kappa shape index (κ3) is 2.50. The zero-order valence-corrected chi connectivity index (χ0v) is 11.4. The Bertz CT molecular complexity index is 589. The van der Waals surface area contributed by atoms with Gasteiger partial charge in [0.25, 0.3) is 0 Å². The maximum absolute atomic E-state index is 6.20. The number of rotatable bonds is 2. The Morgan fingerprint density at radius 2 is 1.95 bits per heavy atom. The summed E-state index contributed by atoms with van der Waals surface area (Å²) < 4.78 is 6.20. The summed E-state index contributed by atoms with van der Waals surface area (Å²) in [6.45, 7) is 1.99. The number of nitrogens with zero attached hydrogens (tertiary/aromatic N) is 1. The first-order chi connectivity index (χ1) is 9.24. The van der Waals surface area contributed by atoms with Crippen LogP contribution in [0.4, 0.5) is 5.69 Å². The van der Waals surface area contributed by atoms with Crippen molar-refractivity contribution in [3.05, 3.63) is 30.1 Å². The van der Waals surface area contributed by atoms with Crippen molar-refractivity contribution in [1.29, 1.82) is 0 Å². The van der Waals surface area contributed by atoms with Gasteiger partial charge in [-0.1, -0.05) is 6.42 Å². The van der Waals surface area contributed by atoms with Crippen LogP contribution in [0.1, 0.15) is 37.8 Å². The van der Waals surface area contributed by atoms with Crippen LogP contribution in [0, 0.1) is 6.92 Å². The van der Waals surface area contributed by atoms with Crippen LogP contribution in [-0.4, -0.2) is 11.1 Å². The summed E-state index contributed by atoms with van der Waals surface area (Å²) in [6.07, 6.45) is 8.41. The van der Waals surface area contributed by atoms with E-state index in [1.54, 1.807) is 0 Å². The maximum atomic E-state index is 6.20. The Balaban J connectivity index is 1.98. The highest BCUT2D eigenvalue weighted by Crippen LogP contribution is 2.32. The van der Waals surface area contributed by atoms with E-state index in [-0.39, 0.29) is 0 Å². The molecule has 1 aliphatic rings. The summed E-state index contributed by atoms with van der Waals surface area (Å²) in [5.41, 5.74) is 7.77.